The molecular weight excluding hydrogens is 224 g/mol. The van der Waals surface area contributed by atoms with Crippen LogP contribution in [0.1, 0.15) is 37.3 Å². The van der Waals surface area contributed by atoms with Crippen molar-refractivity contribution < 1.29 is 4.74 Å². The fourth-order valence-electron chi connectivity index (χ4n) is 1.72. The van der Waals surface area contributed by atoms with Crippen molar-refractivity contribution in [3.8, 4) is 5.75 Å². The molecule has 3 heteroatoms. The Morgan fingerprint density at radius 1 is 1.33 bits per heavy atom. The molecule has 0 fully saturated rings. The van der Waals surface area contributed by atoms with E-state index in [2.05, 4.69) is 39.0 Å². The third kappa shape index (κ3) is 4.06. The Morgan fingerprint density at radius 2 is 2.00 bits per heavy atom. The number of hydrogen-bond donors (Lipinski definition) is 1. The summed E-state index contributed by atoms with van der Waals surface area (Å²) in [6.45, 7) is 6.96. The van der Waals surface area contributed by atoms with Crippen molar-refractivity contribution in [3.63, 3.8) is 0 Å². The highest BCUT2D eigenvalue weighted by Crippen LogP contribution is 2.27. The van der Waals surface area contributed by atoms with Crippen molar-refractivity contribution in [2.75, 3.05) is 20.7 Å². The molecule has 0 bridgehead atoms. The number of rotatable bonds is 5. The van der Waals surface area contributed by atoms with Gasteiger partial charge in [-0.2, -0.15) is 0 Å². The van der Waals surface area contributed by atoms with Crippen LogP contribution in [0.15, 0.2) is 18.2 Å². The number of hydrogen-bond acceptors (Lipinski definition) is 2. The van der Waals surface area contributed by atoms with Crippen LogP contribution in [-0.4, -0.2) is 31.4 Å². The van der Waals surface area contributed by atoms with Gasteiger partial charge in [0.05, 0.1) is 12.4 Å². The molecule has 0 radical (unpaired) electrons. The van der Waals surface area contributed by atoms with Gasteiger partial charge in [0.15, 0.2) is 0 Å². The van der Waals surface area contributed by atoms with Gasteiger partial charge in [-0.25, -0.2) is 0 Å². The highest BCUT2D eigenvalue weighted by Gasteiger charge is 2.08. The second-order valence-corrected chi connectivity index (χ2v) is 5.14. The summed E-state index contributed by atoms with van der Waals surface area (Å²) in [7, 11) is 3.77. The van der Waals surface area contributed by atoms with Crippen LogP contribution in [0.4, 0.5) is 0 Å². The summed E-state index contributed by atoms with van der Waals surface area (Å²) >= 11 is 0. The third-order valence-electron chi connectivity index (χ3n) is 2.93. The lowest BCUT2D eigenvalue weighted by Crippen LogP contribution is -2.22. The number of benzene rings is 1. The van der Waals surface area contributed by atoms with E-state index in [0.717, 1.165) is 5.75 Å². The quantitative estimate of drug-likeness (QED) is 0.640. The van der Waals surface area contributed by atoms with Crippen molar-refractivity contribution in [2.45, 2.75) is 33.1 Å². The first-order valence-corrected chi connectivity index (χ1v) is 6.40. The minimum atomic E-state index is 0.453. The van der Waals surface area contributed by atoms with E-state index in [1.165, 1.54) is 11.1 Å². The molecule has 0 amide bonds. The summed E-state index contributed by atoms with van der Waals surface area (Å²) in [5.74, 6) is 2.00. The van der Waals surface area contributed by atoms with Crippen LogP contribution in [0.3, 0.4) is 0 Å². The summed E-state index contributed by atoms with van der Waals surface area (Å²) in [5.41, 5.74) is 2.44. The highest BCUT2D eigenvalue weighted by atomic mass is 16.5. The first-order valence-electron chi connectivity index (χ1n) is 6.40. The molecule has 0 saturated carbocycles. The molecule has 0 heterocycles. The van der Waals surface area contributed by atoms with Gasteiger partial charge >= 0.3 is 0 Å². The predicted molar refractivity (Wildman–Crippen MR) is 76.8 cm³/mol. The van der Waals surface area contributed by atoms with Gasteiger partial charge in [-0.3, -0.25) is 5.41 Å². The standard InChI is InChI=1S/C15H24N2O/c1-11(2)13-7-6-12(3)10-14(13)18-9-8-15(16)17(4)5/h6-7,10-11,16H,8-9H2,1-5H3. The summed E-state index contributed by atoms with van der Waals surface area (Å²) in [6, 6.07) is 6.32. The number of ether oxygens (including phenoxy) is 1. The van der Waals surface area contributed by atoms with E-state index in [1.807, 2.05) is 19.0 Å². The van der Waals surface area contributed by atoms with E-state index < -0.39 is 0 Å². The Kier molecular flexibility index (Phi) is 5.20. The van der Waals surface area contributed by atoms with Gasteiger partial charge in [-0.05, 0) is 30.0 Å². The zero-order chi connectivity index (χ0) is 13.7. The van der Waals surface area contributed by atoms with E-state index in [0.29, 0.717) is 24.8 Å². The molecule has 0 aromatic heterocycles. The second-order valence-electron chi connectivity index (χ2n) is 5.14. The minimum absolute atomic E-state index is 0.453. The predicted octanol–water partition coefficient (Wildman–Crippen LogP) is 3.43. The molecule has 1 aromatic rings. The molecule has 3 nitrogen and oxygen atoms in total. The van der Waals surface area contributed by atoms with Crippen molar-refractivity contribution in [1.29, 1.82) is 5.41 Å². The van der Waals surface area contributed by atoms with E-state index in [1.54, 1.807) is 0 Å². The number of aryl methyl sites for hydroxylation is 1. The fraction of sp³-hybridized carbons (Fsp3) is 0.533. The number of amidine groups is 1. The summed E-state index contributed by atoms with van der Waals surface area (Å²) in [5, 5.41) is 7.74. The molecule has 18 heavy (non-hydrogen) atoms. The molecule has 0 aliphatic rings. The molecule has 0 atom stereocenters. The molecule has 0 spiro atoms. The summed E-state index contributed by atoms with van der Waals surface area (Å²) in [4.78, 5) is 1.81. The van der Waals surface area contributed by atoms with Crippen molar-refractivity contribution in [1.82, 2.24) is 4.90 Å². The van der Waals surface area contributed by atoms with Gasteiger partial charge in [-0.1, -0.05) is 26.0 Å². The Labute approximate surface area is 110 Å². The zero-order valence-corrected chi connectivity index (χ0v) is 12.1. The van der Waals surface area contributed by atoms with E-state index >= 15 is 0 Å². The van der Waals surface area contributed by atoms with Crippen LogP contribution in [0.5, 0.6) is 5.75 Å². The van der Waals surface area contributed by atoms with Crippen LogP contribution in [0, 0.1) is 12.3 Å². The van der Waals surface area contributed by atoms with Gasteiger partial charge in [0.25, 0.3) is 0 Å². The molecule has 1 aromatic carbocycles. The number of nitrogens with one attached hydrogen (secondary N) is 1. The molecule has 1 rings (SSSR count). The van der Waals surface area contributed by atoms with Crippen molar-refractivity contribution in [3.05, 3.63) is 29.3 Å². The zero-order valence-electron chi connectivity index (χ0n) is 12.1. The average molecular weight is 248 g/mol. The van der Waals surface area contributed by atoms with E-state index in [9.17, 15) is 0 Å². The smallest absolute Gasteiger partial charge is 0.123 e. The molecule has 0 aliphatic heterocycles. The van der Waals surface area contributed by atoms with E-state index in [4.69, 9.17) is 10.1 Å². The Hall–Kier alpha value is -1.51. The Balaban J connectivity index is 2.66. The van der Waals surface area contributed by atoms with Gasteiger partial charge < -0.3 is 9.64 Å². The summed E-state index contributed by atoms with van der Waals surface area (Å²) in [6.07, 6.45) is 0.637. The average Bonchev–Trinajstić information content (AvgIpc) is 2.28. The third-order valence-corrected chi connectivity index (χ3v) is 2.93. The first kappa shape index (κ1) is 14.6. The lowest BCUT2D eigenvalue weighted by atomic mass is 10.0. The second kappa shape index (κ2) is 6.43. The normalized spacial score (nSPS) is 10.6. The maximum absolute atomic E-state index is 7.74. The van der Waals surface area contributed by atoms with E-state index in [-0.39, 0.29) is 0 Å². The van der Waals surface area contributed by atoms with Crippen LogP contribution in [-0.2, 0) is 0 Å². The topological polar surface area (TPSA) is 36.3 Å². The molecule has 100 valence electrons. The molecule has 0 aliphatic carbocycles. The summed E-state index contributed by atoms with van der Waals surface area (Å²) < 4.78 is 5.83. The molecular formula is C15H24N2O. The number of nitrogens with zero attached hydrogens (tertiary/aromatic N) is 1. The maximum Gasteiger partial charge on any atom is 0.123 e. The maximum atomic E-state index is 7.74. The first-order chi connectivity index (χ1) is 8.41. The van der Waals surface area contributed by atoms with Gasteiger partial charge in [-0.15, -0.1) is 0 Å². The molecule has 1 N–H and O–H groups in total. The largest absolute Gasteiger partial charge is 0.493 e. The Bertz CT molecular complexity index is 411. The highest BCUT2D eigenvalue weighted by molar-refractivity contribution is 5.78. The van der Waals surface area contributed by atoms with Crippen molar-refractivity contribution >= 4 is 5.84 Å². The fourth-order valence-corrected chi connectivity index (χ4v) is 1.72. The van der Waals surface area contributed by atoms with Crippen LogP contribution in [0.2, 0.25) is 0 Å². The van der Waals surface area contributed by atoms with Crippen molar-refractivity contribution in [2.24, 2.45) is 0 Å². The van der Waals surface area contributed by atoms with Gasteiger partial charge in [0.1, 0.15) is 5.75 Å². The SMILES string of the molecule is Cc1ccc(C(C)C)c(OCCC(=N)N(C)C)c1. The van der Waals surface area contributed by atoms with Crippen LogP contribution >= 0.6 is 0 Å². The van der Waals surface area contributed by atoms with Crippen LogP contribution < -0.4 is 4.74 Å². The lowest BCUT2D eigenvalue weighted by Gasteiger charge is -2.17. The van der Waals surface area contributed by atoms with Gasteiger partial charge in [0, 0.05) is 20.5 Å². The van der Waals surface area contributed by atoms with Gasteiger partial charge in [0.2, 0.25) is 0 Å². The molecule has 0 unspecified atom stereocenters. The minimum Gasteiger partial charge on any atom is -0.493 e. The lowest BCUT2D eigenvalue weighted by molar-refractivity contribution is 0.319. The Morgan fingerprint density at radius 3 is 2.56 bits per heavy atom. The monoisotopic (exact) mass is 248 g/mol. The molecule has 0 saturated heterocycles. The van der Waals surface area contributed by atoms with Crippen LogP contribution in [0.25, 0.3) is 0 Å².